The number of hydrogen-bond donors (Lipinski definition) is 1. The number of nitrogens with zero attached hydrogens (tertiary/aromatic N) is 2. The van der Waals surface area contributed by atoms with Crippen molar-refractivity contribution < 1.29 is 19.1 Å². The zero-order valence-electron chi connectivity index (χ0n) is 19.6. The van der Waals surface area contributed by atoms with Gasteiger partial charge >= 0.3 is 5.97 Å². The van der Waals surface area contributed by atoms with Crippen LogP contribution in [0.1, 0.15) is 44.0 Å². The molecule has 7 heteroatoms. The first-order valence-electron chi connectivity index (χ1n) is 10.6. The van der Waals surface area contributed by atoms with E-state index in [0.29, 0.717) is 17.9 Å². The highest BCUT2D eigenvalue weighted by molar-refractivity contribution is 5.93. The topological polar surface area (TPSA) is 82.5 Å². The molecule has 2 aromatic carbocycles. The largest absolute Gasteiger partial charge is 0.496 e. The van der Waals surface area contributed by atoms with Crippen LogP contribution in [0.25, 0.3) is 6.08 Å². The number of amides is 1. The number of esters is 1. The minimum Gasteiger partial charge on any atom is -0.496 e. The van der Waals surface area contributed by atoms with Gasteiger partial charge in [0.2, 0.25) is 5.91 Å². The monoisotopic (exact) mass is 447 g/mol. The van der Waals surface area contributed by atoms with E-state index >= 15 is 0 Å². The van der Waals surface area contributed by atoms with Crippen LogP contribution in [0.2, 0.25) is 0 Å². The summed E-state index contributed by atoms with van der Waals surface area (Å²) in [5, 5.41) is 7.46. The number of benzene rings is 2. The molecule has 33 heavy (non-hydrogen) atoms. The van der Waals surface area contributed by atoms with E-state index in [-0.39, 0.29) is 12.5 Å². The summed E-state index contributed by atoms with van der Waals surface area (Å²) in [7, 11) is 2.80. The second kappa shape index (κ2) is 10.6. The van der Waals surface area contributed by atoms with Crippen molar-refractivity contribution in [1.82, 2.24) is 15.1 Å². The fourth-order valence-electron chi connectivity index (χ4n) is 3.51. The summed E-state index contributed by atoms with van der Waals surface area (Å²) in [6, 6.07) is 13.5. The first kappa shape index (κ1) is 23.8. The lowest BCUT2D eigenvalue weighted by molar-refractivity contribution is -0.116. The van der Waals surface area contributed by atoms with Gasteiger partial charge in [0.25, 0.3) is 0 Å². The van der Waals surface area contributed by atoms with Gasteiger partial charge in [-0.25, -0.2) is 4.79 Å². The SMILES string of the molecule is COC(=O)c1cc(CNC(=O)/C=C/c2c(C)nn(Cc3ccc(C)cc3)c2C)ccc1OC. The molecule has 0 spiro atoms. The summed E-state index contributed by atoms with van der Waals surface area (Å²) in [5.74, 6) is -0.311. The van der Waals surface area contributed by atoms with E-state index in [9.17, 15) is 9.59 Å². The number of carbonyl (C=O) groups is 2. The summed E-state index contributed by atoms with van der Waals surface area (Å²) in [5.41, 5.74) is 6.25. The standard InChI is InChI=1S/C26H29N3O4/c1-17-6-8-20(9-7-17)16-29-19(3)22(18(2)28-29)11-13-25(30)27-15-21-10-12-24(32-4)23(14-21)26(31)33-5/h6-14H,15-16H2,1-5H3,(H,27,30)/b13-11+. The molecule has 0 aliphatic rings. The molecule has 1 heterocycles. The van der Waals surface area contributed by atoms with Crippen molar-refractivity contribution >= 4 is 18.0 Å². The Morgan fingerprint density at radius 1 is 1.03 bits per heavy atom. The third-order valence-corrected chi connectivity index (χ3v) is 5.43. The number of ether oxygens (including phenoxy) is 2. The number of nitrogens with one attached hydrogen (secondary N) is 1. The van der Waals surface area contributed by atoms with Gasteiger partial charge in [-0.2, -0.15) is 5.10 Å². The van der Waals surface area contributed by atoms with Crippen molar-refractivity contribution in [2.24, 2.45) is 0 Å². The zero-order chi connectivity index (χ0) is 24.0. The molecule has 0 atom stereocenters. The fraction of sp³-hybridized carbons (Fsp3) is 0.269. The molecule has 0 unspecified atom stereocenters. The first-order chi connectivity index (χ1) is 15.8. The van der Waals surface area contributed by atoms with Crippen LogP contribution >= 0.6 is 0 Å². The van der Waals surface area contributed by atoms with Crippen LogP contribution in [0, 0.1) is 20.8 Å². The van der Waals surface area contributed by atoms with Crippen molar-refractivity contribution in [2.75, 3.05) is 14.2 Å². The predicted octanol–water partition coefficient (Wildman–Crippen LogP) is 3.98. The molecule has 0 saturated carbocycles. The Morgan fingerprint density at radius 2 is 1.73 bits per heavy atom. The molecule has 3 rings (SSSR count). The molecule has 0 aliphatic heterocycles. The Bertz CT molecular complexity index is 1180. The number of hydrogen-bond acceptors (Lipinski definition) is 5. The van der Waals surface area contributed by atoms with Gasteiger partial charge < -0.3 is 14.8 Å². The summed E-state index contributed by atoms with van der Waals surface area (Å²) < 4.78 is 11.9. The summed E-state index contributed by atoms with van der Waals surface area (Å²) in [6.07, 6.45) is 3.28. The van der Waals surface area contributed by atoms with Gasteiger partial charge in [-0.15, -0.1) is 0 Å². The van der Waals surface area contributed by atoms with Crippen LogP contribution in [0.5, 0.6) is 5.75 Å². The van der Waals surface area contributed by atoms with Gasteiger partial charge in [0.05, 0.1) is 26.5 Å². The molecular weight excluding hydrogens is 418 g/mol. The normalized spacial score (nSPS) is 10.9. The predicted molar refractivity (Wildman–Crippen MR) is 127 cm³/mol. The quantitative estimate of drug-likeness (QED) is 0.417. The van der Waals surface area contributed by atoms with Gasteiger partial charge in [-0.1, -0.05) is 35.9 Å². The van der Waals surface area contributed by atoms with Crippen molar-refractivity contribution in [3.63, 3.8) is 0 Å². The minimum atomic E-state index is -0.492. The molecule has 1 amide bonds. The van der Waals surface area contributed by atoms with E-state index in [0.717, 1.165) is 22.5 Å². The molecule has 0 radical (unpaired) electrons. The highest BCUT2D eigenvalue weighted by Crippen LogP contribution is 2.21. The van der Waals surface area contributed by atoms with Crippen LogP contribution in [0.4, 0.5) is 0 Å². The summed E-state index contributed by atoms with van der Waals surface area (Å²) >= 11 is 0. The Kier molecular flexibility index (Phi) is 7.66. The Balaban J connectivity index is 1.66. The van der Waals surface area contributed by atoms with Gasteiger partial charge in [-0.3, -0.25) is 9.48 Å². The van der Waals surface area contributed by atoms with Gasteiger partial charge in [-0.05, 0) is 50.1 Å². The maximum atomic E-state index is 12.4. The fourth-order valence-corrected chi connectivity index (χ4v) is 3.51. The smallest absolute Gasteiger partial charge is 0.341 e. The van der Waals surface area contributed by atoms with E-state index in [1.54, 1.807) is 24.3 Å². The van der Waals surface area contributed by atoms with Crippen LogP contribution in [0.3, 0.4) is 0 Å². The number of rotatable bonds is 8. The lowest BCUT2D eigenvalue weighted by Crippen LogP contribution is -2.20. The van der Waals surface area contributed by atoms with Crippen molar-refractivity contribution in [3.8, 4) is 5.75 Å². The first-order valence-corrected chi connectivity index (χ1v) is 10.6. The molecule has 0 aliphatic carbocycles. The van der Waals surface area contributed by atoms with Crippen LogP contribution in [-0.4, -0.2) is 35.9 Å². The maximum Gasteiger partial charge on any atom is 0.341 e. The molecule has 172 valence electrons. The Hall–Kier alpha value is -3.87. The molecule has 1 aromatic heterocycles. The second-order valence-electron chi connectivity index (χ2n) is 7.81. The molecule has 7 nitrogen and oxygen atoms in total. The highest BCUT2D eigenvalue weighted by atomic mass is 16.5. The minimum absolute atomic E-state index is 0.240. The zero-order valence-corrected chi connectivity index (χ0v) is 19.6. The molecule has 0 bridgehead atoms. The number of carbonyl (C=O) groups excluding carboxylic acids is 2. The van der Waals surface area contributed by atoms with E-state index in [4.69, 9.17) is 9.47 Å². The molecular formula is C26H29N3O4. The third kappa shape index (κ3) is 5.88. The van der Waals surface area contributed by atoms with Crippen LogP contribution in [-0.2, 0) is 22.6 Å². The van der Waals surface area contributed by atoms with Gasteiger partial charge in [0.1, 0.15) is 11.3 Å². The number of methoxy groups -OCH3 is 2. The molecule has 0 fully saturated rings. The Morgan fingerprint density at radius 3 is 2.39 bits per heavy atom. The maximum absolute atomic E-state index is 12.4. The average Bonchev–Trinajstić information content (AvgIpc) is 3.08. The van der Waals surface area contributed by atoms with E-state index in [1.165, 1.54) is 31.4 Å². The lowest BCUT2D eigenvalue weighted by atomic mass is 10.1. The molecule has 0 saturated heterocycles. The number of aryl methyl sites for hydroxylation is 2. The van der Waals surface area contributed by atoms with E-state index in [1.807, 2.05) is 18.5 Å². The highest BCUT2D eigenvalue weighted by Gasteiger charge is 2.14. The van der Waals surface area contributed by atoms with Crippen molar-refractivity contribution in [2.45, 2.75) is 33.9 Å². The van der Waals surface area contributed by atoms with Crippen molar-refractivity contribution in [1.29, 1.82) is 0 Å². The summed E-state index contributed by atoms with van der Waals surface area (Å²) in [6.45, 7) is 6.93. The van der Waals surface area contributed by atoms with Crippen LogP contribution < -0.4 is 10.1 Å². The average molecular weight is 448 g/mol. The van der Waals surface area contributed by atoms with Gasteiger partial charge in [0.15, 0.2) is 0 Å². The summed E-state index contributed by atoms with van der Waals surface area (Å²) in [4.78, 5) is 24.3. The van der Waals surface area contributed by atoms with Crippen LogP contribution in [0.15, 0.2) is 48.5 Å². The third-order valence-electron chi connectivity index (χ3n) is 5.43. The van der Waals surface area contributed by atoms with E-state index < -0.39 is 5.97 Å². The second-order valence-corrected chi connectivity index (χ2v) is 7.81. The van der Waals surface area contributed by atoms with Gasteiger partial charge in [0, 0.05) is 23.9 Å². The molecule has 3 aromatic rings. The molecule has 1 N–H and O–H groups in total. The number of aromatic nitrogens is 2. The van der Waals surface area contributed by atoms with Crippen molar-refractivity contribution in [3.05, 3.63) is 87.7 Å². The lowest BCUT2D eigenvalue weighted by Gasteiger charge is -2.09. The van der Waals surface area contributed by atoms with E-state index in [2.05, 4.69) is 41.6 Å². The Labute approximate surface area is 194 Å².